The number of aromatic nitrogens is 1. The highest BCUT2D eigenvalue weighted by atomic mass is 19.1. The van der Waals surface area contributed by atoms with E-state index in [1.807, 2.05) is 0 Å². The molecule has 1 fully saturated rings. The van der Waals surface area contributed by atoms with Gasteiger partial charge in [0.2, 0.25) is 0 Å². The molecule has 0 aromatic carbocycles. The molecule has 4 heteroatoms. The maximum Gasteiger partial charge on any atom is 0.182 e. The van der Waals surface area contributed by atoms with Crippen LogP contribution in [-0.2, 0) is 0 Å². The van der Waals surface area contributed by atoms with E-state index in [9.17, 15) is 9.18 Å². The third kappa shape index (κ3) is 2.44. The van der Waals surface area contributed by atoms with Gasteiger partial charge in [0.05, 0.1) is 17.8 Å². The van der Waals surface area contributed by atoms with Crippen LogP contribution in [0.25, 0.3) is 0 Å². The van der Waals surface area contributed by atoms with Crippen molar-refractivity contribution >= 4 is 5.78 Å². The van der Waals surface area contributed by atoms with Gasteiger partial charge in [0.25, 0.3) is 0 Å². The highest BCUT2D eigenvalue weighted by Crippen LogP contribution is 2.14. The molecule has 0 bridgehead atoms. The van der Waals surface area contributed by atoms with E-state index in [0.717, 1.165) is 38.4 Å². The van der Waals surface area contributed by atoms with Crippen LogP contribution >= 0.6 is 0 Å². The number of carbonyl (C=O) groups is 1. The summed E-state index contributed by atoms with van der Waals surface area (Å²) < 4.78 is 13.4. The zero-order chi connectivity index (χ0) is 11.4. The van der Waals surface area contributed by atoms with E-state index >= 15 is 0 Å². The molecule has 2 rings (SSSR count). The Hall–Kier alpha value is -1.29. The molecule has 0 saturated carbocycles. The first-order valence-corrected chi connectivity index (χ1v) is 5.66. The van der Waals surface area contributed by atoms with Gasteiger partial charge in [-0.15, -0.1) is 0 Å². The summed E-state index contributed by atoms with van der Waals surface area (Å²) in [7, 11) is 0. The molecule has 86 valence electrons. The number of hydrogen-bond donors (Lipinski definition) is 1. The van der Waals surface area contributed by atoms with Crippen LogP contribution in [0.1, 0.15) is 36.0 Å². The molecule has 0 amide bonds. The Kier molecular flexibility index (Phi) is 3.62. The lowest BCUT2D eigenvalue weighted by atomic mass is 10.0. The first-order chi connectivity index (χ1) is 7.79. The minimum atomic E-state index is -0.529. The lowest BCUT2D eigenvalue weighted by Gasteiger charge is -2.14. The summed E-state index contributed by atoms with van der Waals surface area (Å²) in [5, 5.41) is 3.17. The van der Waals surface area contributed by atoms with Crippen molar-refractivity contribution in [3.63, 3.8) is 0 Å². The first kappa shape index (κ1) is 11.2. The fraction of sp³-hybridized carbons (Fsp3) is 0.500. The van der Waals surface area contributed by atoms with E-state index in [1.165, 1.54) is 12.3 Å². The van der Waals surface area contributed by atoms with E-state index in [0.29, 0.717) is 0 Å². The Morgan fingerprint density at radius 1 is 1.44 bits per heavy atom. The fourth-order valence-corrected chi connectivity index (χ4v) is 2.02. The van der Waals surface area contributed by atoms with Crippen LogP contribution in [0.4, 0.5) is 4.39 Å². The standard InChI is InChI=1S/C12H15FN2O/c13-10-8-14-7-5-9(10)12(16)11-4-2-1-3-6-15-11/h5,7-8,11,15H,1-4,6H2. The molecule has 0 aliphatic carbocycles. The maximum absolute atomic E-state index is 13.4. The molecule has 0 radical (unpaired) electrons. The molecule has 2 heterocycles. The van der Waals surface area contributed by atoms with Gasteiger partial charge in [0, 0.05) is 6.20 Å². The van der Waals surface area contributed by atoms with Gasteiger partial charge in [-0.25, -0.2) is 4.39 Å². The average Bonchev–Trinajstić information content (AvgIpc) is 2.57. The second-order valence-corrected chi connectivity index (χ2v) is 4.08. The highest BCUT2D eigenvalue weighted by molar-refractivity contribution is 6.00. The lowest BCUT2D eigenvalue weighted by molar-refractivity contribution is 0.0936. The van der Waals surface area contributed by atoms with Crippen LogP contribution in [0.2, 0.25) is 0 Å². The zero-order valence-electron chi connectivity index (χ0n) is 9.08. The van der Waals surface area contributed by atoms with Gasteiger partial charge < -0.3 is 5.32 Å². The van der Waals surface area contributed by atoms with Crippen molar-refractivity contribution in [2.75, 3.05) is 6.54 Å². The summed E-state index contributed by atoms with van der Waals surface area (Å²) >= 11 is 0. The SMILES string of the molecule is O=C(c1ccncc1F)C1CCCCCN1. The van der Waals surface area contributed by atoms with Gasteiger partial charge in [-0.3, -0.25) is 9.78 Å². The molecule has 3 nitrogen and oxygen atoms in total. The van der Waals surface area contributed by atoms with E-state index in [4.69, 9.17) is 0 Å². The molecule has 1 saturated heterocycles. The molecule has 1 aromatic rings. The van der Waals surface area contributed by atoms with Crippen molar-refractivity contribution in [3.05, 3.63) is 29.8 Å². The Morgan fingerprint density at radius 3 is 3.12 bits per heavy atom. The van der Waals surface area contributed by atoms with Crippen LogP contribution in [0, 0.1) is 5.82 Å². The summed E-state index contributed by atoms with van der Waals surface area (Å²) in [6, 6.07) is 1.21. The van der Waals surface area contributed by atoms with E-state index in [1.54, 1.807) is 0 Å². The van der Waals surface area contributed by atoms with Crippen molar-refractivity contribution in [2.24, 2.45) is 0 Å². The smallest absolute Gasteiger partial charge is 0.182 e. The Morgan fingerprint density at radius 2 is 2.31 bits per heavy atom. The number of nitrogens with zero attached hydrogens (tertiary/aromatic N) is 1. The predicted octanol–water partition coefficient (Wildman–Crippen LogP) is 1.94. The van der Waals surface area contributed by atoms with Crippen molar-refractivity contribution in [1.29, 1.82) is 0 Å². The second kappa shape index (κ2) is 5.16. The van der Waals surface area contributed by atoms with E-state index in [-0.39, 0.29) is 17.4 Å². The van der Waals surface area contributed by atoms with E-state index < -0.39 is 5.82 Å². The molecule has 1 atom stereocenters. The van der Waals surface area contributed by atoms with Gasteiger partial charge in [-0.05, 0) is 25.5 Å². The van der Waals surface area contributed by atoms with Gasteiger partial charge >= 0.3 is 0 Å². The molecular weight excluding hydrogens is 207 g/mol. The van der Waals surface area contributed by atoms with Crippen molar-refractivity contribution < 1.29 is 9.18 Å². The minimum absolute atomic E-state index is 0.148. The Bertz CT molecular complexity index is 373. The van der Waals surface area contributed by atoms with Gasteiger partial charge in [0.1, 0.15) is 0 Å². The highest BCUT2D eigenvalue weighted by Gasteiger charge is 2.23. The van der Waals surface area contributed by atoms with Crippen LogP contribution in [0.15, 0.2) is 18.5 Å². The number of Topliss-reactive ketones (excluding diaryl/α,β-unsaturated/α-hetero) is 1. The minimum Gasteiger partial charge on any atom is -0.307 e. The maximum atomic E-state index is 13.4. The summed E-state index contributed by atoms with van der Waals surface area (Å²) in [5.74, 6) is -0.680. The topological polar surface area (TPSA) is 42.0 Å². The number of rotatable bonds is 2. The van der Waals surface area contributed by atoms with Crippen molar-refractivity contribution in [1.82, 2.24) is 10.3 Å². The predicted molar refractivity (Wildman–Crippen MR) is 58.8 cm³/mol. The van der Waals surface area contributed by atoms with Gasteiger partial charge in [-0.2, -0.15) is 0 Å². The van der Waals surface area contributed by atoms with Crippen molar-refractivity contribution in [3.8, 4) is 0 Å². The Labute approximate surface area is 94.1 Å². The summed E-state index contributed by atoms with van der Waals surface area (Å²) in [4.78, 5) is 15.7. The van der Waals surface area contributed by atoms with Crippen LogP contribution in [0.5, 0.6) is 0 Å². The summed E-state index contributed by atoms with van der Waals surface area (Å²) in [6.45, 7) is 0.836. The summed E-state index contributed by atoms with van der Waals surface area (Å²) in [5.41, 5.74) is 0.148. The molecule has 1 N–H and O–H groups in total. The molecule has 0 spiro atoms. The molecule has 1 aliphatic rings. The molecule has 1 aliphatic heterocycles. The number of halogens is 1. The third-order valence-corrected chi connectivity index (χ3v) is 2.91. The third-order valence-electron chi connectivity index (χ3n) is 2.91. The molecule has 16 heavy (non-hydrogen) atoms. The fourth-order valence-electron chi connectivity index (χ4n) is 2.02. The summed E-state index contributed by atoms with van der Waals surface area (Å²) in [6.07, 6.45) is 6.58. The monoisotopic (exact) mass is 222 g/mol. The van der Waals surface area contributed by atoms with Crippen LogP contribution in [-0.4, -0.2) is 23.4 Å². The van der Waals surface area contributed by atoms with Gasteiger partial charge in [-0.1, -0.05) is 12.8 Å². The lowest BCUT2D eigenvalue weighted by Crippen LogP contribution is -2.36. The number of pyridine rings is 1. The largest absolute Gasteiger partial charge is 0.307 e. The number of carbonyl (C=O) groups excluding carboxylic acids is 1. The quantitative estimate of drug-likeness (QED) is 0.777. The number of ketones is 1. The molecule has 1 unspecified atom stereocenters. The first-order valence-electron chi connectivity index (χ1n) is 5.66. The molecular formula is C12H15FN2O. The second-order valence-electron chi connectivity index (χ2n) is 4.08. The van der Waals surface area contributed by atoms with Gasteiger partial charge in [0.15, 0.2) is 11.6 Å². The van der Waals surface area contributed by atoms with E-state index in [2.05, 4.69) is 10.3 Å². The Balaban J connectivity index is 2.14. The van der Waals surface area contributed by atoms with Crippen molar-refractivity contribution in [2.45, 2.75) is 31.7 Å². The normalized spacial score (nSPS) is 21.4. The molecule has 1 aromatic heterocycles. The average molecular weight is 222 g/mol. The zero-order valence-corrected chi connectivity index (χ0v) is 9.08. The van der Waals surface area contributed by atoms with Crippen LogP contribution in [0.3, 0.4) is 0 Å². The number of nitrogens with one attached hydrogen (secondary N) is 1. The number of hydrogen-bond acceptors (Lipinski definition) is 3. The van der Waals surface area contributed by atoms with Crippen LogP contribution < -0.4 is 5.32 Å².